The molecule has 0 amide bonds. The van der Waals surface area contributed by atoms with Crippen molar-refractivity contribution < 1.29 is 14.2 Å². The molecule has 17 heavy (non-hydrogen) atoms. The largest absolute Gasteiger partial charge is 0.508 e. The summed E-state index contributed by atoms with van der Waals surface area (Å²) in [4.78, 5) is 0. The highest BCUT2D eigenvalue weighted by atomic mass is 19.1. The Bertz CT molecular complexity index is 357. The Morgan fingerprint density at radius 3 is 2.71 bits per heavy atom. The Labute approximate surface area is 102 Å². The van der Waals surface area contributed by atoms with Gasteiger partial charge in [-0.3, -0.25) is 0 Å². The van der Waals surface area contributed by atoms with Gasteiger partial charge in [-0.05, 0) is 26.8 Å². The fourth-order valence-electron chi connectivity index (χ4n) is 1.68. The summed E-state index contributed by atoms with van der Waals surface area (Å²) in [7, 11) is 0. The first kappa shape index (κ1) is 13.9. The zero-order valence-electron chi connectivity index (χ0n) is 10.5. The standard InChI is InChI=1S/C13H20FNO2/c1-4-17-9(2)8-15-10(3)12-6-5-11(14)7-13(12)16/h5-7,9-10,15-16H,4,8H2,1-3H3. The number of aromatic hydroxyl groups is 1. The molecule has 0 saturated carbocycles. The van der Waals surface area contributed by atoms with E-state index in [1.165, 1.54) is 6.07 Å². The number of ether oxygens (including phenoxy) is 1. The van der Waals surface area contributed by atoms with E-state index in [4.69, 9.17) is 4.74 Å². The molecule has 0 aromatic heterocycles. The maximum atomic E-state index is 12.8. The van der Waals surface area contributed by atoms with Gasteiger partial charge in [0.25, 0.3) is 0 Å². The van der Waals surface area contributed by atoms with Gasteiger partial charge < -0.3 is 15.2 Å². The summed E-state index contributed by atoms with van der Waals surface area (Å²) in [5.41, 5.74) is 0.690. The normalized spacial score (nSPS) is 14.6. The predicted molar refractivity (Wildman–Crippen MR) is 65.6 cm³/mol. The summed E-state index contributed by atoms with van der Waals surface area (Å²) >= 11 is 0. The molecule has 0 fully saturated rings. The Hall–Kier alpha value is -1.13. The first-order chi connectivity index (χ1) is 8.04. The number of phenols is 1. The smallest absolute Gasteiger partial charge is 0.126 e. The van der Waals surface area contributed by atoms with Crippen LogP contribution in [0.2, 0.25) is 0 Å². The van der Waals surface area contributed by atoms with E-state index in [0.29, 0.717) is 18.7 Å². The molecular weight excluding hydrogens is 221 g/mol. The molecule has 2 unspecified atom stereocenters. The van der Waals surface area contributed by atoms with Crippen LogP contribution in [-0.4, -0.2) is 24.4 Å². The number of halogens is 1. The molecule has 4 heteroatoms. The van der Waals surface area contributed by atoms with Gasteiger partial charge in [0.1, 0.15) is 11.6 Å². The lowest BCUT2D eigenvalue weighted by Gasteiger charge is -2.18. The minimum absolute atomic E-state index is 0.0194. The molecule has 96 valence electrons. The van der Waals surface area contributed by atoms with Crippen molar-refractivity contribution in [2.45, 2.75) is 32.9 Å². The lowest BCUT2D eigenvalue weighted by molar-refractivity contribution is 0.0743. The molecule has 0 saturated heterocycles. The highest BCUT2D eigenvalue weighted by molar-refractivity contribution is 5.34. The number of benzene rings is 1. The van der Waals surface area contributed by atoms with Crippen LogP contribution in [0.4, 0.5) is 4.39 Å². The van der Waals surface area contributed by atoms with E-state index in [1.807, 2.05) is 20.8 Å². The minimum Gasteiger partial charge on any atom is -0.508 e. The summed E-state index contributed by atoms with van der Waals surface area (Å²) in [6.07, 6.45) is 0.116. The van der Waals surface area contributed by atoms with Gasteiger partial charge in [0.15, 0.2) is 0 Å². The molecule has 2 atom stereocenters. The van der Waals surface area contributed by atoms with E-state index in [0.717, 1.165) is 6.07 Å². The van der Waals surface area contributed by atoms with Crippen molar-refractivity contribution in [2.75, 3.05) is 13.2 Å². The molecule has 0 heterocycles. The Morgan fingerprint density at radius 2 is 2.12 bits per heavy atom. The lowest BCUT2D eigenvalue weighted by atomic mass is 10.1. The van der Waals surface area contributed by atoms with E-state index >= 15 is 0 Å². The molecule has 0 radical (unpaired) electrons. The van der Waals surface area contributed by atoms with E-state index in [-0.39, 0.29) is 17.9 Å². The van der Waals surface area contributed by atoms with Gasteiger partial charge in [-0.25, -0.2) is 4.39 Å². The summed E-state index contributed by atoms with van der Waals surface area (Å²) in [5.74, 6) is -0.449. The third-order valence-corrected chi connectivity index (χ3v) is 2.62. The van der Waals surface area contributed by atoms with Gasteiger partial charge >= 0.3 is 0 Å². The molecule has 0 aliphatic carbocycles. The Kier molecular flexibility index (Phi) is 5.38. The number of phenolic OH excluding ortho intramolecular Hbond substituents is 1. The van der Waals surface area contributed by atoms with Crippen LogP contribution in [0.1, 0.15) is 32.4 Å². The van der Waals surface area contributed by atoms with E-state index in [9.17, 15) is 9.50 Å². The summed E-state index contributed by atoms with van der Waals surface area (Å²) in [6, 6.07) is 4.02. The van der Waals surface area contributed by atoms with Crippen molar-refractivity contribution in [3.63, 3.8) is 0 Å². The molecule has 1 aromatic rings. The molecule has 0 aliphatic rings. The van der Waals surface area contributed by atoms with Crippen LogP contribution in [0.15, 0.2) is 18.2 Å². The maximum Gasteiger partial charge on any atom is 0.126 e. The average Bonchev–Trinajstić information content (AvgIpc) is 2.26. The van der Waals surface area contributed by atoms with Gasteiger partial charge in [-0.1, -0.05) is 6.07 Å². The van der Waals surface area contributed by atoms with Crippen LogP contribution >= 0.6 is 0 Å². The minimum atomic E-state index is -0.430. The fourth-order valence-corrected chi connectivity index (χ4v) is 1.68. The van der Waals surface area contributed by atoms with E-state index in [2.05, 4.69) is 5.32 Å². The van der Waals surface area contributed by atoms with Gasteiger partial charge in [0.2, 0.25) is 0 Å². The van der Waals surface area contributed by atoms with Crippen LogP contribution in [-0.2, 0) is 4.74 Å². The zero-order valence-corrected chi connectivity index (χ0v) is 10.5. The predicted octanol–water partition coefficient (Wildman–Crippen LogP) is 2.61. The summed E-state index contributed by atoms with van der Waals surface area (Å²) < 4.78 is 18.2. The summed E-state index contributed by atoms with van der Waals surface area (Å²) in [6.45, 7) is 7.22. The van der Waals surface area contributed by atoms with Gasteiger partial charge in [-0.15, -0.1) is 0 Å². The molecule has 0 aliphatic heterocycles. The monoisotopic (exact) mass is 241 g/mol. The molecule has 1 aromatic carbocycles. The van der Waals surface area contributed by atoms with Crippen LogP contribution in [0.25, 0.3) is 0 Å². The van der Waals surface area contributed by atoms with Crippen molar-refractivity contribution in [1.82, 2.24) is 5.32 Å². The third-order valence-electron chi connectivity index (χ3n) is 2.62. The number of rotatable bonds is 6. The Morgan fingerprint density at radius 1 is 1.41 bits per heavy atom. The van der Waals surface area contributed by atoms with E-state index in [1.54, 1.807) is 6.07 Å². The maximum absolute atomic E-state index is 12.8. The van der Waals surface area contributed by atoms with Crippen molar-refractivity contribution in [1.29, 1.82) is 0 Å². The van der Waals surface area contributed by atoms with Crippen molar-refractivity contribution in [3.8, 4) is 5.75 Å². The van der Waals surface area contributed by atoms with Gasteiger partial charge in [0, 0.05) is 30.8 Å². The van der Waals surface area contributed by atoms with Gasteiger partial charge in [-0.2, -0.15) is 0 Å². The Balaban J connectivity index is 2.54. The molecule has 3 nitrogen and oxygen atoms in total. The molecule has 1 rings (SSSR count). The average molecular weight is 241 g/mol. The molecule has 2 N–H and O–H groups in total. The topological polar surface area (TPSA) is 41.5 Å². The number of hydrogen-bond donors (Lipinski definition) is 2. The van der Waals surface area contributed by atoms with Crippen LogP contribution < -0.4 is 5.32 Å². The number of hydrogen-bond acceptors (Lipinski definition) is 3. The highest BCUT2D eigenvalue weighted by Gasteiger charge is 2.11. The molecule has 0 spiro atoms. The van der Waals surface area contributed by atoms with E-state index < -0.39 is 5.82 Å². The summed E-state index contributed by atoms with van der Waals surface area (Å²) in [5, 5.41) is 12.9. The van der Waals surface area contributed by atoms with Crippen LogP contribution in [0, 0.1) is 5.82 Å². The van der Waals surface area contributed by atoms with Crippen molar-refractivity contribution >= 4 is 0 Å². The molecular formula is C13H20FNO2. The second-order valence-electron chi connectivity index (χ2n) is 4.10. The SMILES string of the molecule is CCOC(C)CNC(C)c1ccc(F)cc1O. The molecule has 0 bridgehead atoms. The quantitative estimate of drug-likeness (QED) is 0.804. The fraction of sp³-hybridized carbons (Fsp3) is 0.538. The first-order valence-corrected chi connectivity index (χ1v) is 5.88. The third kappa shape index (κ3) is 4.32. The lowest BCUT2D eigenvalue weighted by Crippen LogP contribution is -2.29. The van der Waals surface area contributed by atoms with Crippen LogP contribution in [0.5, 0.6) is 5.75 Å². The highest BCUT2D eigenvalue weighted by Crippen LogP contribution is 2.24. The second kappa shape index (κ2) is 6.57. The van der Waals surface area contributed by atoms with Crippen LogP contribution in [0.3, 0.4) is 0 Å². The zero-order chi connectivity index (χ0) is 12.8. The van der Waals surface area contributed by atoms with Crippen molar-refractivity contribution in [2.24, 2.45) is 0 Å². The van der Waals surface area contributed by atoms with Gasteiger partial charge in [0.05, 0.1) is 6.10 Å². The second-order valence-corrected chi connectivity index (χ2v) is 4.10. The first-order valence-electron chi connectivity index (χ1n) is 5.88. The number of nitrogens with one attached hydrogen (secondary N) is 1. The van der Waals surface area contributed by atoms with Crippen molar-refractivity contribution in [3.05, 3.63) is 29.6 Å².